The Hall–Kier alpha value is -1.23. The maximum Gasteiger partial charge on any atom is 0.425 e. The largest absolute Gasteiger partial charge is 0.425 e. The number of aromatic amines is 1. The molecule has 0 unspecified atom stereocenters. The second-order valence-corrected chi connectivity index (χ2v) is 1.69. The molecule has 1 aromatic heterocycles. The molecule has 0 aliphatic heterocycles. The Bertz CT molecular complexity index is 220. The molecular formula is C5H6NO3S+. The smallest absolute Gasteiger partial charge is 0.218 e. The third kappa shape index (κ3) is 9.91. The highest BCUT2D eigenvalue weighted by molar-refractivity contribution is 7.59. The van der Waals surface area contributed by atoms with Crippen LogP contribution in [-0.4, -0.2) is 12.6 Å². The summed E-state index contributed by atoms with van der Waals surface area (Å²) in [7, 11) is -3.11. The van der Waals surface area contributed by atoms with Gasteiger partial charge in [-0.15, -0.1) is 12.6 Å². The summed E-state index contributed by atoms with van der Waals surface area (Å²) in [5, 5.41) is 0. The van der Waals surface area contributed by atoms with Crippen LogP contribution in [0.4, 0.5) is 0 Å². The molecule has 10 heavy (non-hydrogen) atoms. The van der Waals surface area contributed by atoms with E-state index >= 15 is 0 Å². The van der Waals surface area contributed by atoms with Crippen LogP contribution in [-0.2, 0) is 10.6 Å². The molecule has 0 aromatic carbocycles. The van der Waals surface area contributed by atoms with E-state index in [1.165, 1.54) is 0 Å². The quantitative estimate of drug-likeness (QED) is 0.513. The molecule has 0 saturated heterocycles. The molecule has 0 radical (unpaired) electrons. The number of hydrogen-bond acceptors (Lipinski definition) is 3. The minimum absolute atomic E-state index is 1.88. The van der Waals surface area contributed by atoms with Gasteiger partial charge in [-0.3, -0.25) is 0 Å². The van der Waals surface area contributed by atoms with E-state index in [4.69, 9.17) is 12.6 Å². The zero-order valence-corrected chi connectivity index (χ0v) is 5.84. The first-order valence-electron chi connectivity index (χ1n) is 2.41. The van der Waals surface area contributed by atoms with Gasteiger partial charge >= 0.3 is 10.6 Å². The van der Waals surface area contributed by atoms with Crippen molar-refractivity contribution in [3.05, 3.63) is 30.6 Å². The first-order valence-corrected chi connectivity index (χ1v) is 3.41. The molecule has 0 aliphatic rings. The minimum Gasteiger partial charge on any atom is -0.218 e. The Morgan fingerprint density at radius 3 is 1.40 bits per heavy atom. The van der Waals surface area contributed by atoms with E-state index in [0.717, 1.165) is 0 Å². The highest BCUT2D eigenvalue weighted by atomic mass is 32.2. The molecular weight excluding hydrogens is 154 g/mol. The van der Waals surface area contributed by atoms with E-state index < -0.39 is 10.6 Å². The van der Waals surface area contributed by atoms with Crippen LogP contribution < -0.4 is 4.98 Å². The van der Waals surface area contributed by atoms with E-state index in [-0.39, 0.29) is 0 Å². The molecule has 1 rings (SSSR count). The van der Waals surface area contributed by atoms with Crippen LogP contribution in [0.2, 0.25) is 0 Å². The fraction of sp³-hybridized carbons (Fsp3) is 0. The van der Waals surface area contributed by atoms with Crippen LogP contribution in [0.25, 0.3) is 0 Å². The van der Waals surface area contributed by atoms with Gasteiger partial charge < -0.3 is 0 Å². The molecule has 4 nitrogen and oxygen atoms in total. The summed E-state index contributed by atoms with van der Waals surface area (Å²) in [6.07, 6.45) is 3.75. The molecule has 54 valence electrons. The fourth-order valence-corrected chi connectivity index (χ4v) is 0.342. The van der Waals surface area contributed by atoms with E-state index in [2.05, 4.69) is 4.98 Å². The van der Waals surface area contributed by atoms with Crippen LogP contribution in [0.3, 0.4) is 0 Å². The molecule has 0 fully saturated rings. The van der Waals surface area contributed by atoms with Gasteiger partial charge in [0.05, 0.1) is 0 Å². The molecule has 0 bridgehead atoms. The second kappa shape index (κ2) is 5.90. The van der Waals surface area contributed by atoms with E-state index in [1.807, 2.05) is 30.6 Å². The van der Waals surface area contributed by atoms with Gasteiger partial charge in [-0.1, -0.05) is 6.07 Å². The number of rotatable bonds is 0. The van der Waals surface area contributed by atoms with E-state index in [9.17, 15) is 0 Å². The summed E-state index contributed by atoms with van der Waals surface area (Å²) < 4.78 is 25.3. The van der Waals surface area contributed by atoms with Crippen molar-refractivity contribution in [1.29, 1.82) is 0 Å². The van der Waals surface area contributed by atoms with Crippen molar-refractivity contribution in [2.75, 3.05) is 0 Å². The van der Waals surface area contributed by atoms with Crippen molar-refractivity contribution >= 4 is 10.6 Å². The topological polar surface area (TPSA) is 65.3 Å². The standard InChI is InChI=1S/C5H5N.O3S/c1-2-4-6-5-3-1;1-4(2)3/h1-5H;/p+1. The maximum absolute atomic E-state index is 8.44. The van der Waals surface area contributed by atoms with Gasteiger partial charge in [0.15, 0.2) is 12.4 Å². The first-order chi connectivity index (χ1) is 4.73. The lowest BCUT2D eigenvalue weighted by atomic mass is 10.5. The average Bonchev–Trinajstić information content (AvgIpc) is 1.90. The monoisotopic (exact) mass is 160 g/mol. The molecule has 1 aromatic rings. The SMILES string of the molecule is O=S(=O)=O.c1cc[nH+]cc1. The molecule has 0 atom stereocenters. The number of hydrogen-bond donors (Lipinski definition) is 0. The summed E-state index contributed by atoms with van der Waals surface area (Å²) >= 11 is 0. The molecule has 1 heterocycles. The molecule has 0 amide bonds. The molecule has 0 saturated carbocycles. The Balaban J connectivity index is 0.000000180. The fourth-order valence-electron chi connectivity index (χ4n) is 0.342. The van der Waals surface area contributed by atoms with Crippen molar-refractivity contribution < 1.29 is 17.6 Å². The zero-order chi connectivity index (χ0) is 7.82. The van der Waals surface area contributed by atoms with Crippen LogP contribution in [0.15, 0.2) is 30.6 Å². The van der Waals surface area contributed by atoms with Crippen LogP contribution in [0.5, 0.6) is 0 Å². The Kier molecular flexibility index (Phi) is 5.17. The van der Waals surface area contributed by atoms with Gasteiger partial charge in [0, 0.05) is 12.1 Å². The predicted octanol–water partition coefficient (Wildman–Crippen LogP) is -0.503. The summed E-state index contributed by atoms with van der Waals surface area (Å²) in [5.74, 6) is 0. The molecule has 1 N–H and O–H groups in total. The van der Waals surface area contributed by atoms with Crippen molar-refractivity contribution in [1.82, 2.24) is 0 Å². The second-order valence-electron chi connectivity index (χ2n) is 1.28. The van der Waals surface area contributed by atoms with Crippen molar-refractivity contribution in [2.45, 2.75) is 0 Å². The van der Waals surface area contributed by atoms with Gasteiger partial charge in [0.1, 0.15) is 0 Å². The highest BCUT2D eigenvalue weighted by Gasteiger charge is 1.65. The summed E-state index contributed by atoms with van der Waals surface area (Å²) in [4.78, 5) is 2.89. The van der Waals surface area contributed by atoms with E-state index in [0.29, 0.717) is 0 Å². The number of pyridine rings is 1. The highest BCUT2D eigenvalue weighted by Crippen LogP contribution is 1.68. The Labute approximate surface area is 59.6 Å². The lowest BCUT2D eigenvalue weighted by molar-refractivity contribution is -0.377. The number of aromatic nitrogens is 1. The van der Waals surface area contributed by atoms with Crippen molar-refractivity contribution in [2.24, 2.45) is 0 Å². The maximum atomic E-state index is 8.44. The van der Waals surface area contributed by atoms with Crippen molar-refractivity contribution in [3.8, 4) is 0 Å². The lowest BCUT2D eigenvalue weighted by Crippen LogP contribution is -1.93. The normalized spacial score (nSPS) is 7.20. The molecule has 0 spiro atoms. The number of H-pyrrole nitrogens is 1. The van der Waals surface area contributed by atoms with Crippen LogP contribution in [0, 0.1) is 0 Å². The molecule has 5 heteroatoms. The van der Waals surface area contributed by atoms with Crippen molar-refractivity contribution in [3.63, 3.8) is 0 Å². The van der Waals surface area contributed by atoms with Gasteiger partial charge in [-0.05, 0) is 0 Å². The van der Waals surface area contributed by atoms with Gasteiger partial charge in [-0.25, -0.2) is 4.98 Å². The zero-order valence-electron chi connectivity index (χ0n) is 5.02. The van der Waals surface area contributed by atoms with Gasteiger partial charge in [0.2, 0.25) is 0 Å². The average molecular weight is 160 g/mol. The van der Waals surface area contributed by atoms with Gasteiger partial charge in [0.25, 0.3) is 0 Å². The summed E-state index contributed by atoms with van der Waals surface area (Å²) in [5.41, 5.74) is 0. The third-order valence-electron chi connectivity index (χ3n) is 0.607. The Morgan fingerprint density at radius 1 is 0.900 bits per heavy atom. The summed E-state index contributed by atoms with van der Waals surface area (Å²) in [6, 6.07) is 5.86. The third-order valence-corrected chi connectivity index (χ3v) is 0.607. The van der Waals surface area contributed by atoms with Crippen LogP contribution in [0.1, 0.15) is 0 Å². The predicted molar refractivity (Wildman–Crippen MR) is 32.7 cm³/mol. The lowest BCUT2D eigenvalue weighted by Gasteiger charge is -1.63. The Morgan fingerprint density at radius 2 is 1.30 bits per heavy atom. The molecule has 0 aliphatic carbocycles. The van der Waals surface area contributed by atoms with Crippen LogP contribution >= 0.6 is 0 Å². The summed E-state index contributed by atoms with van der Waals surface area (Å²) in [6.45, 7) is 0. The minimum atomic E-state index is -3.11. The first kappa shape index (κ1) is 8.77. The van der Waals surface area contributed by atoms with Gasteiger partial charge in [-0.2, -0.15) is 0 Å². The number of nitrogens with one attached hydrogen (secondary N) is 1. The van der Waals surface area contributed by atoms with E-state index in [1.54, 1.807) is 0 Å².